The fourth-order valence-electron chi connectivity index (χ4n) is 1.26. The van der Waals surface area contributed by atoms with E-state index < -0.39 is 8.25 Å². The molecule has 0 aromatic carbocycles. The normalized spacial score (nSPS) is 23.5. The van der Waals surface area contributed by atoms with Crippen LogP contribution in [0, 0.1) is 0 Å². The molecule has 1 aliphatic heterocycles. The van der Waals surface area contributed by atoms with E-state index >= 15 is 0 Å². The standard InChI is InChI=1S/C8H15O5P/c9-14(10)13-7-3-6-12-8-4-1-2-5-11-8/h8H,1-7H2/p+1. The Morgan fingerprint density at radius 1 is 1.43 bits per heavy atom. The topological polar surface area (TPSA) is 65.0 Å². The summed E-state index contributed by atoms with van der Waals surface area (Å²) < 4.78 is 25.3. The van der Waals surface area contributed by atoms with Crippen LogP contribution in [0.2, 0.25) is 0 Å². The molecule has 0 bridgehead atoms. The van der Waals surface area contributed by atoms with Gasteiger partial charge in [-0.1, -0.05) is 0 Å². The highest BCUT2D eigenvalue weighted by Crippen LogP contribution is 2.16. The summed E-state index contributed by atoms with van der Waals surface area (Å²) in [5, 5.41) is 0. The number of ether oxygens (including phenoxy) is 2. The van der Waals surface area contributed by atoms with E-state index in [1.54, 1.807) is 0 Å². The molecule has 1 heterocycles. The van der Waals surface area contributed by atoms with Crippen molar-refractivity contribution in [2.75, 3.05) is 19.8 Å². The van der Waals surface area contributed by atoms with Crippen LogP contribution in [-0.2, 0) is 18.6 Å². The second kappa shape index (κ2) is 7.26. The number of hydrogen-bond acceptors (Lipinski definition) is 4. The van der Waals surface area contributed by atoms with Crippen LogP contribution in [-0.4, -0.2) is 31.0 Å². The molecule has 82 valence electrons. The van der Waals surface area contributed by atoms with Gasteiger partial charge in [0, 0.05) is 11.2 Å². The molecule has 1 fully saturated rings. The average Bonchev–Trinajstić information content (AvgIpc) is 2.18. The van der Waals surface area contributed by atoms with Gasteiger partial charge in [-0.3, -0.25) is 0 Å². The monoisotopic (exact) mass is 223 g/mol. The Morgan fingerprint density at radius 3 is 2.93 bits per heavy atom. The van der Waals surface area contributed by atoms with Gasteiger partial charge in [0.15, 0.2) is 6.29 Å². The maximum absolute atomic E-state index is 10.1. The largest absolute Gasteiger partial charge is 0.694 e. The summed E-state index contributed by atoms with van der Waals surface area (Å²) in [7, 11) is -2.47. The van der Waals surface area contributed by atoms with E-state index in [4.69, 9.17) is 14.4 Å². The predicted molar refractivity (Wildman–Crippen MR) is 49.9 cm³/mol. The summed E-state index contributed by atoms with van der Waals surface area (Å²) in [6.45, 7) is 1.52. The summed E-state index contributed by atoms with van der Waals surface area (Å²) in [5.41, 5.74) is 0. The van der Waals surface area contributed by atoms with Crippen molar-refractivity contribution in [3.63, 3.8) is 0 Å². The minimum atomic E-state index is -2.47. The summed E-state index contributed by atoms with van der Waals surface area (Å²) in [6, 6.07) is 0. The van der Waals surface area contributed by atoms with Crippen molar-refractivity contribution in [2.24, 2.45) is 0 Å². The zero-order valence-electron chi connectivity index (χ0n) is 8.05. The molecule has 2 unspecified atom stereocenters. The molecule has 6 heteroatoms. The van der Waals surface area contributed by atoms with Gasteiger partial charge < -0.3 is 9.47 Å². The van der Waals surface area contributed by atoms with Crippen molar-refractivity contribution < 1.29 is 23.5 Å². The molecule has 2 atom stereocenters. The molecular weight excluding hydrogens is 207 g/mol. The van der Waals surface area contributed by atoms with Gasteiger partial charge >= 0.3 is 8.25 Å². The van der Waals surface area contributed by atoms with Gasteiger partial charge in [0.05, 0.1) is 6.61 Å². The smallest absolute Gasteiger partial charge is 0.353 e. The molecule has 0 radical (unpaired) electrons. The van der Waals surface area contributed by atoms with Crippen LogP contribution in [0.3, 0.4) is 0 Å². The second-order valence-corrected chi connectivity index (χ2v) is 3.83. The van der Waals surface area contributed by atoms with Crippen LogP contribution in [0.25, 0.3) is 0 Å². The summed E-state index contributed by atoms with van der Waals surface area (Å²) in [5.74, 6) is 0. The Labute approximate surface area is 84.3 Å². The van der Waals surface area contributed by atoms with Crippen molar-refractivity contribution in [2.45, 2.75) is 32.0 Å². The second-order valence-electron chi connectivity index (χ2n) is 3.09. The highest BCUT2D eigenvalue weighted by molar-refractivity contribution is 7.32. The molecule has 0 saturated carbocycles. The first-order chi connectivity index (χ1) is 6.79. The molecule has 0 aromatic heterocycles. The Balaban J connectivity index is 1.90. The van der Waals surface area contributed by atoms with Crippen molar-refractivity contribution in [3.8, 4) is 0 Å². The summed E-state index contributed by atoms with van der Waals surface area (Å²) >= 11 is 0. The number of rotatable bonds is 6. The average molecular weight is 223 g/mol. The lowest BCUT2D eigenvalue weighted by Crippen LogP contribution is -2.22. The molecule has 0 spiro atoms. The first-order valence-corrected chi connectivity index (χ1v) is 5.94. The first-order valence-electron chi connectivity index (χ1n) is 4.81. The van der Waals surface area contributed by atoms with E-state index in [-0.39, 0.29) is 12.9 Å². The molecule has 0 amide bonds. The van der Waals surface area contributed by atoms with Gasteiger partial charge in [0.1, 0.15) is 6.61 Å². The van der Waals surface area contributed by atoms with E-state index in [2.05, 4.69) is 4.52 Å². The molecular formula is C8H16O5P+. The molecule has 14 heavy (non-hydrogen) atoms. The van der Waals surface area contributed by atoms with Gasteiger partial charge in [0.2, 0.25) is 0 Å². The highest BCUT2D eigenvalue weighted by atomic mass is 31.1. The maximum Gasteiger partial charge on any atom is 0.694 e. The molecule has 1 saturated heterocycles. The maximum atomic E-state index is 10.1. The van der Waals surface area contributed by atoms with Crippen LogP contribution in [0.5, 0.6) is 0 Å². The fraction of sp³-hybridized carbons (Fsp3) is 1.00. The molecule has 5 nitrogen and oxygen atoms in total. The van der Waals surface area contributed by atoms with Crippen LogP contribution >= 0.6 is 8.25 Å². The van der Waals surface area contributed by atoms with Crippen LogP contribution in [0.1, 0.15) is 25.7 Å². The lowest BCUT2D eigenvalue weighted by atomic mass is 10.2. The van der Waals surface area contributed by atoms with Crippen molar-refractivity contribution in [3.05, 3.63) is 0 Å². The van der Waals surface area contributed by atoms with E-state index in [0.29, 0.717) is 13.0 Å². The minimum absolute atomic E-state index is 0.0911. The Hall–Kier alpha value is -0.0600. The molecule has 1 aliphatic rings. The van der Waals surface area contributed by atoms with E-state index in [1.807, 2.05) is 0 Å². The zero-order chi connectivity index (χ0) is 10.2. The van der Waals surface area contributed by atoms with E-state index in [0.717, 1.165) is 25.9 Å². The third-order valence-corrected chi connectivity index (χ3v) is 2.34. The molecule has 1 N–H and O–H groups in total. The quantitative estimate of drug-likeness (QED) is 0.547. The van der Waals surface area contributed by atoms with Crippen molar-refractivity contribution >= 4 is 8.25 Å². The van der Waals surface area contributed by atoms with E-state index in [9.17, 15) is 4.57 Å². The Kier molecular flexibility index (Phi) is 6.23. The van der Waals surface area contributed by atoms with Gasteiger partial charge in [0.25, 0.3) is 0 Å². The Morgan fingerprint density at radius 2 is 2.29 bits per heavy atom. The molecule has 1 rings (SSSR count). The Bertz CT molecular complexity index is 169. The summed E-state index contributed by atoms with van der Waals surface area (Å²) in [6.07, 6.45) is 3.71. The van der Waals surface area contributed by atoms with Crippen LogP contribution < -0.4 is 0 Å². The van der Waals surface area contributed by atoms with Gasteiger partial charge in [-0.25, -0.2) is 0 Å². The highest BCUT2D eigenvalue weighted by Gasteiger charge is 2.14. The fourth-order valence-corrected chi connectivity index (χ4v) is 1.54. The SMILES string of the molecule is O=[P+](O)OCCCOC1CCCCO1. The van der Waals surface area contributed by atoms with Crippen molar-refractivity contribution in [1.29, 1.82) is 0 Å². The molecule has 0 aliphatic carbocycles. The van der Waals surface area contributed by atoms with Crippen LogP contribution in [0.4, 0.5) is 0 Å². The van der Waals surface area contributed by atoms with Gasteiger partial charge in [-0.05, 0) is 25.7 Å². The lowest BCUT2D eigenvalue weighted by Gasteiger charge is -2.22. The third-order valence-electron chi connectivity index (χ3n) is 1.93. The predicted octanol–water partition coefficient (Wildman–Crippen LogP) is 1.59. The molecule has 0 aromatic rings. The van der Waals surface area contributed by atoms with Crippen LogP contribution in [0.15, 0.2) is 0 Å². The zero-order valence-corrected chi connectivity index (χ0v) is 8.95. The first kappa shape index (κ1) is 12.0. The van der Waals surface area contributed by atoms with Gasteiger partial charge in [-0.2, -0.15) is 0 Å². The minimum Gasteiger partial charge on any atom is -0.353 e. The number of hydrogen-bond donors (Lipinski definition) is 1. The van der Waals surface area contributed by atoms with Gasteiger partial charge in [-0.15, -0.1) is 9.42 Å². The van der Waals surface area contributed by atoms with Crippen molar-refractivity contribution in [1.82, 2.24) is 0 Å². The lowest BCUT2D eigenvalue weighted by molar-refractivity contribution is -0.163. The summed E-state index contributed by atoms with van der Waals surface area (Å²) in [4.78, 5) is 8.32. The van der Waals surface area contributed by atoms with E-state index in [1.165, 1.54) is 0 Å². The third kappa shape index (κ3) is 5.62.